The van der Waals surface area contributed by atoms with Crippen molar-refractivity contribution in [2.45, 2.75) is 13.3 Å². The van der Waals surface area contributed by atoms with Crippen LogP contribution in [0.1, 0.15) is 13.3 Å². The van der Waals surface area contributed by atoms with Crippen molar-refractivity contribution in [1.29, 1.82) is 0 Å². The fourth-order valence-corrected chi connectivity index (χ4v) is 1.82. The van der Waals surface area contributed by atoms with E-state index in [2.05, 4.69) is 36.2 Å². The van der Waals surface area contributed by atoms with Crippen LogP contribution in [-0.2, 0) is 0 Å². The van der Waals surface area contributed by atoms with E-state index in [0.29, 0.717) is 17.6 Å². The highest BCUT2D eigenvalue weighted by Crippen LogP contribution is 2.26. The number of hydrogen-bond acceptors (Lipinski definition) is 6. The van der Waals surface area contributed by atoms with Crippen molar-refractivity contribution in [1.82, 2.24) is 15.0 Å². The number of nitrogens with two attached hydrogens (primary N) is 1. The van der Waals surface area contributed by atoms with E-state index in [-0.39, 0.29) is 12.0 Å². The third-order valence-corrected chi connectivity index (χ3v) is 3.48. The van der Waals surface area contributed by atoms with Gasteiger partial charge in [-0.2, -0.15) is 15.0 Å². The molecule has 0 aliphatic heterocycles. The Labute approximate surface area is 129 Å². The summed E-state index contributed by atoms with van der Waals surface area (Å²) in [5.74, 6) is 0.402. The van der Waals surface area contributed by atoms with Gasteiger partial charge in [-0.15, -0.1) is 0 Å². The van der Waals surface area contributed by atoms with Crippen molar-refractivity contribution in [2.75, 3.05) is 17.7 Å². The summed E-state index contributed by atoms with van der Waals surface area (Å²) in [6.07, 6.45) is 0.858. The lowest BCUT2D eigenvalue weighted by Crippen LogP contribution is -2.07. The molecule has 0 saturated heterocycles. The van der Waals surface area contributed by atoms with Crippen molar-refractivity contribution in [3.8, 4) is 6.01 Å². The molecule has 2 rings (SSSR count). The molecule has 0 saturated carbocycles. The number of rotatable bonds is 5. The van der Waals surface area contributed by atoms with E-state index in [1.54, 1.807) is 6.07 Å². The number of nitrogens with one attached hydrogen (secondary N) is 1. The maximum Gasteiger partial charge on any atom is 0.323 e. The van der Waals surface area contributed by atoms with Crippen LogP contribution < -0.4 is 15.8 Å². The summed E-state index contributed by atoms with van der Waals surface area (Å²) in [5, 5.41) is 3.58. The van der Waals surface area contributed by atoms with Gasteiger partial charge in [0.1, 0.15) is 0 Å². The lowest BCUT2D eigenvalue weighted by atomic mass is 10.3. The highest BCUT2D eigenvalue weighted by Gasteiger charge is 2.06. The summed E-state index contributed by atoms with van der Waals surface area (Å²) in [7, 11) is 0. The molecule has 3 N–H and O–H groups in total. The highest BCUT2D eigenvalue weighted by molar-refractivity contribution is 9.10. The van der Waals surface area contributed by atoms with Gasteiger partial charge < -0.3 is 15.8 Å². The van der Waals surface area contributed by atoms with Crippen LogP contribution in [0.4, 0.5) is 17.6 Å². The maximum atomic E-state index is 6.02. The van der Waals surface area contributed by atoms with Gasteiger partial charge in [0, 0.05) is 10.2 Å². The van der Waals surface area contributed by atoms with Gasteiger partial charge in [0.25, 0.3) is 0 Å². The Hall–Kier alpha value is -1.60. The minimum atomic E-state index is 0.0943. The molecular formula is C12H13BrClN5O. The summed E-state index contributed by atoms with van der Waals surface area (Å²) in [5.41, 5.74) is 6.36. The zero-order valence-electron chi connectivity index (χ0n) is 10.7. The first-order chi connectivity index (χ1) is 9.58. The van der Waals surface area contributed by atoms with Crippen molar-refractivity contribution in [3.63, 3.8) is 0 Å². The second-order valence-corrected chi connectivity index (χ2v) is 5.16. The lowest BCUT2D eigenvalue weighted by molar-refractivity contribution is 0.292. The predicted molar refractivity (Wildman–Crippen MR) is 82.5 cm³/mol. The van der Waals surface area contributed by atoms with Gasteiger partial charge >= 0.3 is 6.01 Å². The fourth-order valence-electron chi connectivity index (χ4n) is 1.39. The van der Waals surface area contributed by atoms with E-state index >= 15 is 0 Å². The molecular weight excluding hydrogens is 346 g/mol. The number of aromatic nitrogens is 3. The summed E-state index contributed by atoms with van der Waals surface area (Å²) in [6.45, 7) is 2.51. The van der Waals surface area contributed by atoms with Gasteiger partial charge in [0.15, 0.2) is 0 Å². The second kappa shape index (κ2) is 6.71. The van der Waals surface area contributed by atoms with Gasteiger partial charge in [-0.1, -0.05) is 18.5 Å². The summed E-state index contributed by atoms with van der Waals surface area (Å²) in [4.78, 5) is 12.0. The minimum absolute atomic E-state index is 0.0943. The van der Waals surface area contributed by atoms with Crippen LogP contribution in [0.25, 0.3) is 0 Å². The molecule has 0 aliphatic rings. The van der Waals surface area contributed by atoms with Crippen molar-refractivity contribution in [2.24, 2.45) is 0 Å². The van der Waals surface area contributed by atoms with Crippen LogP contribution in [0.15, 0.2) is 22.7 Å². The van der Waals surface area contributed by atoms with Crippen molar-refractivity contribution >= 4 is 45.1 Å². The predicted octanol–water partition coefficient (Wildman–Crippen LogP) is 3.40. The third-order valence-electron chi connectivity index (χ3n) is 2.24. The second-order valence-electron chi connectivity index (χ2n) is 3.90. The van der Waals surface area contributed by atoms with E-state index in [1.165, 1.54) is 0 Å². The molecule has 0 atom stereocenters. The number of anilines is 3. The summed E-state index contributed by atoms with van der Waals surface area (Å²) in [6, 6.07) is 5.61. The minimum Gasteiger partial charge on any atom is -0.463 e. The highest BCUT2D eigenvalue weighted by atomic mass is 79.9. The first-order valence-corrected chi connectivity index (χ1v) is 7.12. The molecule has 0 fully saturated rings. The Morgan fingerprint density at radius 3 is 2.85 bits per heavy atom. The van der Waals surface area contributed by atoms with E-state index < -0.39 is 0 Å². The SMILES string of the molecule is CCCOc1nc(N)nc(Nc2ccc(Br)c(Cl)c2)n1. The molecule has 0 aliphatic carbocycles. The first kappa shape index (κ1) is 14.8. The number of benzene rings is 1. The average Bonchev–Trinajstić information content (AvgIpc) is 2.40. The van der Waals surface area contributed by atoms with E-state index in [9.17, 15) is 0 Å². The Morgan fingerprint density at radius 2 is 2.15 bits per heavy atom. The summed E-state index contributed by atoms with van der Waals surface area (Å²) < 4.78 is 6.15. The number of ether oxygens (including phenoxy) is 1. The number of hydrogen-bond donors (Lipinski definition) is 2. The molecule has 1 aromatic carbocycles. The number of halogens is 2. The lowest BCUT2D eigenvalue weighted by Gasteiger charge is -2.08. The monoisotopic (exact) mass is 357 g/mol. The third kappa shape index (κ3) is 3.94. The topological polar surface area (TPSA) is 86.0 Å². The van der Waals surface area contributed by atoms with Crippen LogP contribution in [0.2, 0.25) is 5.02 Å². The van der Waals surface area contributed by atoms with Gasteiger partial charge in [-0.25, -0.2) is 0 Å². The number of nitrogen functional groups attached to an aromatic ring is 1. The Morgan fingerprint density at radius 1 is 1.35 bits per heavy atom. The molecule has 0 amide bonds. The van der Waals surface area contributed by atoms with Crippen LogP contribution in [0.5, 0.6) is 6.01 Å². The molecule has 8 heteroatoms. The van der Waals surface area contributed by atoms with Crippen LogP contribution in [0, 0.1) is 0 Å². The number of nitrogens with zero attached hydrogens (tertiary/aromatic N) is 3. The molecule has 2 aromatic rings. The normalized spacial score (nSPS) is 10.3. The molecule has 1 heterocycles. The Balaban J connectivity index is 2.19. The van der Waals surface area contributed by atoms with Crippen molar-refractivity contribution < 1.29 is 4.74 Å². The maximum absolute atomic E-state index is 6.02. The van der Waals surface area contributed by atoms with E-state index in [1.807, 2.05) is 19.1 Å². The average molecular weight is 359 g/mol. The molecule has 6 nitrogen and oxygen atoms in total. The van der Waals surface area contributed by atoms with Gasteiger partial charge in [-0.3, -0.25) is 0 Å². The van der Waals surface area contributed by atoms with Crippen LogP contribution >= 0.6 is 27.5 Å². The molecule has 0 spiro atoms. The summed E-state index contributed by atoms with van der Waals surface area (Å²) >= 11 is 9.35. The van der Waals surface area contributed by atoms with E-state index in [4.69, 9.17) is 22.1 Å². The van der Waals surface area contributed by atoms with Crippen LogP contribution in [0.3, 0.4) is 0 Å². The van der Waals surface area contributed by atoms with Gasteiger partial charge in [0.05, 0.1) is 11.6 Å². The van der Waals surface area contributed by atoms with Crippen molar-refractivity contribution in [3.05, 3.63) is 27.7 Å². The standard InChI is InChI=1S/C12H13BrClN5O/c1-2-5-20-12-18-10(15)17-11(19-12)16-7-3-4-8(13)9(14)6-7/h3-4,6H,2,5H2,1H3,(H3,15,16,17,18,19). The van der Waals surface area contributed by atoms with Crippen LogP contribution in [-0.4, -0.2) is 21.6 Å². The van der Waals surface area contributed by atoms with Gasteiger partial charge in [-0.05, 0) is 40.5 Å². The van der Waals surface area contributed by atoms with E-state index in [0.717, 1.165) is 16.6 Å². The molecule has 20 heavy (non-hydrogen) atoms. The Bertz CT molecular complexity index is 610. The molecule has 0 bridgehead atoms. The quantitative estimate of drug-likeness (QED) is 0.852. The zero-order valence-corrected chi connectivity index (χ0v) is 13.1. The molecule has 0 radical (unpaired) electrons. The Kier molecular flexibility index (Phi) is 4.97. The smallest absolute Gasteiger partial charge is 0.323 e. The molecule has 0 unspecified atom stereocenters. The molecule has 106 valence electrons. The fraction of sp³-hybridized carbons (Fsp3) is 0.250. The largest absolute Gasteiger partial charge is 0.463 e. The van der Waals surface area contributed by atoms with Gasteiger partial charge in [0.2, 0.25) is 11.9 Å². The first-order valence-electron chi connectivity index (χ1n) is 5.95. The zero-order chi connectivity index (χ0) is 14.5. The molecule has 1 aromatic heterocycles.